The second-order valence-electron chi connectivity index (χ2n) is 9.28. The highest BCUT2D eigenvalue weighted by Gasteiger charge is 2.28. The minimum Gasteiger partial charge on any atom is -0.478 e. The highest BCUT2D eigenvalue weighted by molar-refractivity contribution is 6.20. The number of carbonyl (C=O) groups excluding carboxylic acids is 2. The zero-order chi connectivity index (χ0) is 29.3. The first-order valence-electron chi connectivity index (χ1n) is 12.4. The van der Waals surface area contributed by atoms with Crippen LogP contribution in [-0.2, 0) is 6.42 Å². The van der Waals surface area contributed by atoms with E-state index in [0.717, 1.165) is 32.8 Å². The molecule has 2 amide bonds. The summed E-state index contributed by atoms with van der Waals surface area (Å²) in [5.41, 5.74) is 7.67. The van der Waals surface area contributed by atoms with Gasteiger partial charge in [0, 0.05) is 0 Å². The summed E-state index contributed by atoms with van der Waals surface area (Å²) in [5, 5.41) is 21.9. The van der Waals surface area contributed by atoms with E-state index in [-0.39, 0.29) is 22.3 Å². The predicted molar refractivity (Wildman–Crippen MR) is 153 cm³/mol. The van der Waals surface area contributed by atoms with Gasteiger partial charge in [-0.25, -0.2) is 21.3 Å². The number of benzene rings is 5. The Balaban J connectivity index is 0.000000166. The Morgan fingerprint density at radius 2 is 1.24 bits per heavy atom. The summed E-state index contributed by atoms with van der Waals surface area (Å²) in [4.78, 5) is 46.6. The lowest BCUT2D eigenvalue weighted by Gasteiger charge is -2.12. The second kappa shape index (κ2) is 10.9. The van der Waals surface area contributed by atoms with Gasteiger partial charge in [0.25, 0.3) is 11.8 Å². The number of hydrogen-bond donors (Lipinski definition) is 6. The Bertz CT molecular complexity index is 1900. The van der Waals surface area contributed by atoms with Gasteiger partial charge in [-0.05, 0) is 62.4 Å². The van der Waals surface area contributed by atoms with E-state index in [1.165, 1.54) is 6.07 Å². The van der Waals surface area contributed by atoms with Crippen LogP contribution in [0.25, 0.3) is 32.7 Å². The molecule has 0 atom stereocenters. The fourth-order valence-corrected chi connectivity index (χ4v) is 5.31. The molecule has 0 unspecified atom stereocenters. The molecule has 204 valence electrons. The molecule has 1 aliphatic carbocycles. The average molecular weight is 549 g/mol. The number of carbonyl (C=O) groups is 4. The number of aromatic carboxylic acids is 2. The van der Waals surface area contributed by atoms with Crippen LogP contribution in [0.5, 0.6) is 0 Å². The number of rotatable bonds is 4. The zero-order valence-corrected chi connectivity index (χ0v) is 21.5. The van der Waals surface area contributed by atoms with Crippen LogP contribution in [0.4, 0.5) is 0 Å². The number of nitrogens with one attached hydrogen (secondary N) is 2. The van der Waals surface area contributed by atoms with Gasteiger partial charge in [0.05, 0.1) is 22.3 Å². The Morgan fingerprint density at radius 3 is 1.95 bits per heavy atom. The molecule has 10 nitrogen and oxygen atoms in total. The van der Waals surface area contributed by atoms with Crippen LogP contribution in [-0.4, -0.2) is 34.0 Å². The number of hydrazine groups is 2. The van der Waals surface area contributed by atoms with E-state index in [1.807, 2.05) is 60.0 Å². The lowest BCUT2D eigenvalue weighted by molar-refractivity contribution is 0.0650. The van der Waals surface area contributed by atoms with Crippen LogP contribution in [0.1, 0.15) is 52.6 Å². The van der Waals surface area contributed by atoms with Gasteiger partial charge in [0.1, 0.15) is 0 Å². The van der Waals surface area contributed by atoms with Gasteiger partial charge in [-0.1, -0.05) is 72.8 Å². The number of hydrogen-bond acceptors (Lipinski definition) is 6. The standard InChI is InChI=1S/C16H14N4O2.C15H10O4/c17-19-15(21)13-8-7-11-10-4-2-1-3-9(10)5-6-12(11)14(13)16(22)20-18;16-14(17)11-6-5-10-9-4-2-1-3-8(9)7-12(10)13(11)15(18)19/h1-8H,17-18H2,(H,19,21)(H,20,22);1-6H,7H2,(H,16,17)(H,18,19). The molecule has 0 aliphatic heterocycles. The number of amides is 2. The molecule has 0 heterocycles. The van der Waals surface area contributed by atoms with Crippen molar-refractivity contribution in [3.8, 4) is 11.1 Å². The van der Waals surface area contributed by atoms with Gasteiger partial charge in [0.2, 0.25) is 0 Å². The van der Waals surface area contributed by atoms with E-state index in [1.54, 1.807) is 24.3 Å². The van der Waals surface area contributed by atoms with Gasteiger partial charge in [-0.3, -0.25) is 20.4 Å². The highest BCUT2D eigenvalue weighted by Crippen LogP contribution is 2.39. The monoisotopic (exact) mass is 548 g/mol. The Morgan fingerprint density at radius 1 is 0.585 bits per heavy atom. The smallest absolute Gasteiger partial charge is 0.336 e. The molecule has 10 heteroatoms. The summed E-state index contributed by atoms with van der Waals surface area (Å²) < 4.78 is 0. The molecule has 5 aromatic rings. The largest absolute Gasteiger partial charge is 0.478 e. The van der Waals surface area contributed by atoms with Gasteiger partial charge < -0.3 is 10.2 Å². The Hall–Kier alpha value is -5.58. The number of nitrogen functional groups attached to an aromatic ring is 2. The molecular formula is C31H24N4O6. The topological polar surface area (TPSA) is 185 Å². The third-order valence-electron chi connectivity index (χ3n) is 7.09. The van der Waals surface area contributed by atoms with E-state index in [2.05, 4.69) is 5.43 Å². The molecule has 0 saturated heterocycles. The lowest BCUT2D eigenvalue weighted by Crippen LogP contribution is -2.35. The highest BCUT2D eigenvalue weighted by atomic mass is 16.4. The van der Waals surface area contributed by atoms with Crippen LogP contribution in [0.15, 0.2) is 84.9 Å². The lowest BCUT2D eigenvalue weighted by atomic mass is 9.94. The van der Waals surface area contributed by atoms with Crippen molar-refractivity contribution in [1.29, 1.82) is 0 Å². The van der Waals surface area contributed by atoms with Crippen molar-refractivity contribution in [3.63, 3.8) is 0 Å². The average Bonchev–Trinajstić information content (AvgIpc) is 3.37. The quantitative estimate of drug-likeness (QED) is 0.0830. The molecule has 0 fully saturated rings. The number of carboxylic acids is 2. The van der Waals surface area contributed by atoms with Crippen molar-refractivity contribution in [2.75, 3.05) is 0 Å². The fourth-order valence-electron chi connectivity index (χ4n) is 5.31. The summed E-state index contributed by atoms with van der Waals surface area (Å²) in [5.74, 6) is 6.95. The first-order valence-corrected chi connectivity index (χ1v) is 12.4. The Kier molecular flexibility index (Phi) is 7.17. The summed E-state index contributed by atoms with van der Waals surface area (Å²) in [6.07, 6.45) is 0.467. The number of nitrogens with two attached hydrogens (primary N) is 2. The summed E-state index contributed by atoms with van der Waals surface area (Å²) in [6, 6.07) is 25.6. The third-order valence-corrected chi connectivity index (χ3v) is 7.09. The third kappa shape index (κ3) is 4.73. The van der Waals surface area contributed by atoms with Crippen molar-refractivity contribution in [1.82, 2.24) is 10.9 Å². The molecule has 0 saturated carbocycles. The van der Waals surface area contributed by atoms with Crippen LogP contribution >= 0.6 is 0 Å². The van der Waals surface area contributed by atoms with E-state index in [9.17, 15) is 24.3 Å². The molecule has 1 aliphatic rings. The minimum absolute atomic E-state index is 0.0961. The molecule has 0 bridgehead atoms. The minimum atomic E-state index is -1.21. The number of carboxylic acid groups (broad SMARTS) is 2. The second-order valence-corrected chi connectivity index (χ2v) is 9.28. The normalized spacial score (nSPS) is 11.2. The molecule has 6 rings (SSSR count). The summed E-state index contributed by atoms with van der Waals surface area (Å²) in [6.45, 7) is 0. The van der Waals surface area contributed by atoms with Crippen LogP contribution < -0.4 is 22.5 Å². The van der Waals surface area contributed by atoms with Crippen molar-refractivity contribution in [2.24, 2.45) is 11.7 Å². The van der Waals surface area contributed by atoms with E-state index >= 15 is 0 Å². The first-order chi connectivity index (χ1) is 19.8. The molecular weight excluding hydrogens is 524 g/mol. The summed E-state index contributed by atoms with van der Waals surface area (Å²) >= 11 is 0. The number of fused-ring (bicyclic) bond motifs is 6. The van der Waals surface area contributed by atoms with Crippen molar-refractivity contribution in [2.45, 2.75) is 6.42 Å². The van der Waals surface area contributed by atoms with E-state index in [4.69, 9.17) is 16.8 Å². The van der Waals surface area contributed by atoms with Gasteiger partial charge in [-0.2, -0.15) is 0 Å². The molecule has 5 aromatic carbocycles. The van der Waals surface area contributed by atoms with E-state index < -0.39 is 23.8 Å². The molecule has 0 spiro atoms. The molecule has 8 N–H and O–H groups in total. The maximum absolute atomic E-state index is 12.1. The maximum atomic E-state index is 12.1. The SMILES string of the molecule is NNC(=O)c1ccc2c(ccc3ccccc32)c1C(=O)NN.O=C(O)c1ccc2c(c1C(=O)O)Cc1ccccc1-2. The molecule has 0 aromatic heterocycles. The van der Waals surface area contributed by atoms with Crippen molar-refractivity contribution >= 4 is 45.3 Å². The van der Waals surface area contributed by atoms with E-state index in [0.29, 0.717) is 17.4 Å². The Labute approximate surface area is 233 Å². The molecule has 41 heavy (non-hydrogen) atoms. The van der Waals surface area contributed by atoms with Crippen molar-refractivity contribution < 1.29 is 29.4 Å². The fraction of sp³-hybridized carbons (Fsp3) is 0.0323. The van der Waals surface area contributed by atoms with Crippen LogP contribution in [0.2, 0.25) is 0 Å². The van der Waals surface area contributed by atoms with Gasteiger partial charge >= 0.3 is 11.9 Å². The van der Waals surface area contributed by atoms with Gasteiger partial charge in [-0.15, -0.1) is 0 Å². The molecule has 0 radical (unpaired) electrons. The first kappa shape index (κ1) is 27.0. The summed E-state index contributed by atoms with van der Waals surface area (Å²) in [7, 11) is 0. The van der Waals surface area contributed by atoms with Crippen LogP contribution in [0.3, 0.4) is 0 Å². The van der Waals surface area contributed by atoms with Crippen molar-refractivity contribution in [3.05, 3.63) is 118 Å². The van der Waals surface area contributed by atoms with Crippen LogP contribution in [0, 0.1) is 0 Å². The van der Waals surface area contributed by atoms with Gasteiger partial charge in [0.15, 0.2) is 0 Å². The zero-order valence-electron chi connectivity index (χ0n) is 21.5. The maximum Gasteiger partial charge on any atom is 0.336 e. The predicted octanol–water partition coefficient (Wildman–Crippen LogP) is 3.85.